The average Bonchev–Trinajstić information content (AvgIpc) is 2.39. The summed E-state index contributed by atoms with van der Waals surface area (Å²) in [7, 11) is 0. The van der Waals surface area contributed by atoms with E-state index in [9.17, 15) is 0 Å². The Morgan fingerprint density at radius 3 is 1.82 bits per heavy atom. The van der Waals surface area contributed by atoms with Crippen molar-refractivity contribution < 1.29 is 10.4 Å². The highest BCUT2D eigenvalue weighted by Crippen LogP contribution is 2.14. The third-order valence-corrected chi connectivity index (χ3v) is 1.87. The van der Waals surface area contributed by atoms with Gasteiger partial charge in [0.15, 0.2) is 0 Å². The molecule has 0 radical (unpaired) electrons. The Balaban J connectivity index is 2.26. The predicted octanol–water partition coefficient (Wildman–Crippen LogP) is 1.22. The van der Waals surface area contributed by atoms with Gasteiger partial charge in [0.05, 0.1) is 0 Å². The van der Waals surface area contributed by atoms with Crippen molar-refractivity contribution in [2.75, 3.05) is 16.3 Å². The average molecular weight is 234 g/mol. The number of anilines is 4. The molecule has 0 spiro atoms. The molecule has 8 heteroatoms. The number of rotatable bonds is 4. The minimum Gasteiger partial charge on any atom is -0.324 e. The van der Waals surface area contributed by atoms with Gasteiger partial charge in [-0.3, -0.25) is 10.4 Å². The van der Waals surface area contributed by atoms with Crippen LogP contribution >= 0.6 is 0 Å². The molecule has 1 aromatic carbocycles. The molecule has 1 aromatic heterocycles. The van der Waals surface area contributed by atoms with Crippen LogP contribution in [-0.4, -0.2) is 25.4 Å². The van der Waals surface area contributed by atoms with Crippen LogP contribution in [0.2, 0.25) is 0 Å². The molecule has 8 nitrogen and oxygen atoms in total. The molecule has 1 heterocycles. The van der Waals surface area contributed by atoms with Crippen molar-refractivity contribution in [2.24, 2.45) is 0 Å². The second-order valence-corrected chi connectivity index (χ2v) is 3.02. The number of nitrogens with zero attached hydrogens (tertiary/aromatic N) is 3. The molecule has 0 unspecified atom stereocenters. The molecule has 0 saturated heterocycles. The predicted molar refractivity (Wildman–Crippen MR) is 60.4 cm³/mol. The Bertz CT molecular complexity index is 470. The lowest BCUT2D eigenvalue weighted by molar-refractivity contribution is 0.375. The van der Waals surface area contributed by atoms with E-state index in [4.69, 9.17) is 10.4 Å². The molecule has 0 amide bonds. The van der Waals surface area contributed by atoms with Gasteiger partial charge in [0.25, 0.3) is 11.9 Å². The van der Waals surface area contributed by atoms with Crippen molar-refractivity contribution in [2.45, 2.75) is 0 Å². The van der Waals surface area contributed by atoms with E-state index < -0.39 is 0 Å². The molecule has 0 aliphatic carbocycles. The first-order valence-electron chi connectivity index (χ1n) is 4.70. The first-order valence-corrected chi connectivity index (χ1v) is 4.70. The van der Waals surface area contributed by atoms with E-state index in [1.54, 1.807) is 11.0 Å². The van der Waals surface area contributed by atoms with E-state index in [2.05, 4.69) is 20.3 Å². The van der Waals surface area contributed by atoms with E-state index >= 15 is 0 Å². The number of benzene rings is 1. The Hall–Kier alpha value is -2.45. The van der Waals surface area contributed by atoms with Gasteiger partial charge in [-0.15, -0.1) is 0 Å². The molecule has 0 saturated carbocycles. The maximum atomic E-state index is 8.71. The highest BCUT2D eigenvalue weighted by atomic mass is 16.5. The van der Waals surface area contributed by atoms with E-state index in [-0.39, 0.29) is 17.8 Å². The third kappa shape index (κ3) is 2.77. The fourth-order valence-corrected chi connectivity index (χ4v) is 1.18. The zero-order chi connectivity index (χ0) is 12.1. The lowest BCUT2D eigenvalue weighted by atomic mass is 10.3. The van der Waals surface area contributed by atoms with Crippen LogP contribution in [0.3, 0.4) is 0 Å². The van der Waals surface area contributed by atoms with Crippen LogP contribution in [0.4, 0.5) is 23.5 Å². The van der Waals surface area contributed by atoms with Gasteiger partial charge in [-0.2, -0.15) is 15.0 Å². The summed E-state index contributed by atoms with van der Waals surface area (Å²) < 4.78 is 0. The number of hydrogen-bond donors (Lipinski definition) is 5. The Morgan fingerprint density at radius 2 is 1.29 bits per heavy atom. The van der Waals surface area contributed by atoms with Crippen LogP contribution in [0, 0.1) is 0 Å². The SMILES string of the molecule is ONc1nc(NO)nc(Nc2ccccc2)n1. The standard InChI is InChI=1S/C9H10N6O2/c16-14-8-11-7(12-9(13-8)15-17)10-6-4-2-1-3-5-6/h1-5,16-17H,(H3,10,11,12,13,14,15). The van der Waals surface area contributed by atoms with Crippen molar-refractivity contribution in [3.8, 4) is 0 Å². The van der Waals surface area contributed by atoms with Gasteiger partial charge in [-0.05, 0) is 12.1 Å². The van der Waals surface area contributed by atoms with E-state index in [0.717, 1.165) is 5.69 Å². The van der Waals surface area contributed by atoms with Crippen molar-refractivity contribution >= 4 is 23.5 Å². The van der Waals surface area contributed by atoms with Crippen LogP contribution < -0.4 is 16.3 Å². The second kappa shape index (κ2) is 5.05. The largest absolute Gasteiger partial charge is 0.324 e. The van der Waals surface area contributed by atoms with Gasteiger partial charge in [0.2, 0.25) is 5.95 Å². The molecule has 0 aliphatic rings. The molecule has 0 atom stereocenters. The summed E-state index contributed by atoms with van der Waals surface area (Å²) in [6.45, 7) is 0. The molecule has 0 fully saturated rings. The maximum Gasteiger partial charge on any atom is 0.253 e. The zero-order valence-corrected chi connectivity index (χ0v) is 8.62. The summed E-state index contributed by atoms with van der Waals surface area (Å²) >= 11 is 0. The smallest absolute Gasteiger partial charge is 0.253 e. The lowest BCUT2D eigenvalue weighted by Crippen LogP contribution is -2.07. The summed E-state index contributed by atoms with van der Waals surface area (Å²) in [5.74, 6) is 0.00395. The monoisotopic (exact) mass is 234 g/mol. The molecule has 2 aromatic rings. The number of hydrogen-bond acceptors (Lipinski definition) is 8. The van der Waals surface area contributed by atoms with E-state index in [0.29, 0.717) is 0 Å². The Labute approximate surface area is 96.3 Å². The van der Waals surface area contributed by atoms with Gasteiger partial charge in [-0.1, -0.05) is 18.2 Å². The third-order valence-electron chi connectivity index (χ3n) is 1.87. The minimum atomic E-state index is -0.0880. The Morgan fingerprint density at radius 1 is 0.765 bits per heavy atom. The minimum absolute atomic E-state index is 0.0880. The van der Waals surface area contributed by atoms with Gasteiger partial charge in [-0.25, -0.2) is 11.0 Å². The highest BCUT2D eigenvalue weighted by Gasteiger charge is 2.05. The van der Waals surface area contributed by atoms with Crippen LogP contribution in [0.1, 0.15) is 0 Å². The summed E-state index contributed by atoms with van der Waals surface area (Å²) in [6, 6.07) is 9.21. The summed E-state index contributed by atoms with van der Waals surface area (Å²) in [4.78, 5) is 11.3. The van der Waals surface area contributed by atoms with Crippen molar-refractivity contribution in [3.05, 3.63) is 30.3 Å². The Kier molecular flexibility index (Phi) is 3.28. The fraction of sp³-hybridized carbons (Fsp3) is 0. The van der Waals surface area contributed by atoms with E-state index in [1.165, 1.54) is 0 Å². The van der Waals surface area contributed by atoms with Gasteiger partial charge >= 0.3 is 0 Å². The van der Waals surface area contributed by atoms with Gasteiger partial charge < -0.3 is 5.32 Å². The molecule has 17 heavy (non-hydrogen) atoms. The molecule has 0 bridgehead atoms. The summed E-state index contributed by atoms with van der Waals surface area (Å²) in [5.41, 5.74) is 4.32. The van der Waals surface area contributed by atoms with Crippen molar-refractivity contribution in [1.29, 1.82) is 0 Å². The maximum absolute atomic E-state index is 8.71. The number of para-hydroxylation sites is 1. The second-order valence-electron chi connectivity index (χ2n) is 3.02. The molecule has 2 rings (SSSR count). The van der Waals surface area contributed by atoms with Gasteiger partial charge in [0, 0.05) is 5.69 Å². The van der Waals surface area contributed by atoms with Crippen LogP contribution in [0.15, 0.2) is 30.3 Å². The zero-order valence-electron chi connectivity index (χ0n) is 8.62. The van der Waals surface area contributed by atoms with E-state index in [1.807, 2.05) is 30.3 Å². The highest BCUT2D eigenvalue weighted by molar-refractivity contribution is 5.54. The first-order chi connectivity index (χ1) is 8.31. The topological polar surface area (TPSA) is 115 Å². The first kappa shape index (κ1) is 11.0. The van der Waals surface area contributed by atoms with Gasteiger partial charge in [0.1, 0.15) is 0 Å². The van der Waals surface area contributed by atoms with Crippen molar-refractivity contribution in [3.63, 3.8) is 0 Å². The normalized spacial score (nSPS) is 9.76. The number of aromatic nitrogens is 3. The molecule has 5 N–H and O–H groups in total. The molecular formula is C9H10N6O2. The quantitative estimate of drug-likeness (QED) is 0.501. The van der Waals surface area contributed by atoms with Crippen LogP contribution in [0.25, 0.3) is 0 Å². The summed E-state index contributed by atoms with van der Waals surface area (Å²) in [5, 5.41) is 20.3. The molecular weight excluding hydrogens is 224 g/mol. The fourth-order valence-electron chi connectivity index (χ4n) is 1.18. The van der Waals surface area contributed by atoms with Crippen LogP contribution in [0.5, 0.6) is 0 Å². The number of nitrogens with one attached hydrogen (secondary N) is 3. The summed E-state index contributed by atoms with van der Waals surface area (Å²) in [6.07, 6.45) is 0. The lowest BCUT2D eigenvalue weighted by Gasteiger charge is -2.06. The van der Waals surface area contributed by atoms with Crippen molar-refractivity contribution in [1.82, 2.24) is 15.0 Å². The molecule has 0 aliphatic heterocycles. The molecule has 88 valence electrons. The van der Waals surface area contributed by atoms with Crippen LogP contribution in [-0.2, 0) is 0 Å².